The monoisotopic (exact) mass is 244 g/mol. The predicted octanol–water partition coefficient (Wildman–Crippen LogP) is 1.72. The van der Waals surface area contributed by atoms with Crippen molar-refractivity contribution in [1.29, 1.82) is 5.26 Å². The van der Waals surface area contributed by atoms with E-state index >= 15 is 0 Å². The number of nitrogens with zero attached hydrogens (tertiary/aromatic N) is 1. The second-order valence-corrected chi connectivity index (χ2v) is 4.44. The van der Waals surface area contributed by atoms with Crippen LogP contribution in [0, 0.1) is 11.3 Å². The standard InChI is InChI=1S/C14H16N2O2/c15-9-6-13(17)16-14(7-10-18-11-8-14)12-4-2-1-3-5-12/h1-5H,6-8,10-11H2,(H,16,17). The topological polar surface area (TPSA) is 62.1 Å². The van der Waals surface area contributed by atoms with Crippen LogP contribution in [0.1, 0.15) is 24.8 Å². The van der Waals surface area contributed by atoms with Crippen LogP contribution in [-0.4, -0.2) is 19.1 Å². The zero-order valence-corrected chi connectivity index (χ0v) is 10.2. The Balaban J connectivity index is 2.24. The van der Waals surface area contributed by atoms with Crippen molar-refractivity contribution in [3.8, 4) is 6.07 Å². The van der Waals surface area contributed by atoms with Crippen LogP contribution >= 0.6 is 0 Å². The molecule has 0 saturated carbocycles. The van der Waals surface area contributed by atoms with Crippen molar-refractivity contribution in [2.45, 2.75) is 24.8 Å². The molecule has 0 radical (unpaired) electrons. The highest BCUT2D eigenvalue weighted by molar-refractivity contribution is 5.79. The van der Waals surface area contributed by atoms with Gasteiger partial charge in [0, 0.05) is 13.2 Å². The molecule has 2 rings (SSSR count). The van der Waals surface area contributed by atoms with Crippen LogP contribution in [0.5, 0.6) is 0 Å². The number of ether oxygens (including phenoxy) is 1. The largest absolute Gasteiger partial charge is 0.381 e. The molecule has 1 fully saturated rings. The molecule has 0 unspecified atom stereocenters. The van der Waals surface area contributed by atoms with Crippen LogP contribution in [0.15, 0.2) is 30.3 Å². The Morgan fingerprint density at radius 3 is 2.61 bits per heavy atom. The van der Waals surface area contributed by atoms with Crippen molar-refractivity contribution in [3.05, 3.63) is 35.9 Å². The lowest BCUT2D eigenvalue weighted by atomic mass is 9.82. The van der Waals surface area contributed by atoms with E-state index in [0.29, 0.717) is 13.2 Å². The quantitative estimate of drug-likeness (QED) is 0.880. The Morgan fingerprint density at radius 2 is 2.00 bits per heavy atom. The Kier molecular flexibility index (Phi) is 3.96. The Bertz CT molecular complexity index is 445. The molecule has 1 aromatic carbocycles. The molecule has 1 aliphatic rings. The summed E-state index contributed by atoms with van der Waals surface area (Å²) in [6.45, 7) is 1.25. The number of nitriles is 1. The van der Waals surface area contributed by atoms with E-state index in [1.165, 1.54) is 0 Å². The van der Waals surface area contributed by atoms with Gasteiger partial charge in [0.1, 0.15) is 6.42 Å². The van der Waals surface area contributed by atoms with Crippen molar-refractivity contribution in [1.82, 2.24) is 5.32 Å². The molecular weight excluding hydrogens is 228 g/mol. The van der Waals surface area contributed by atoms with E-state index in [4.69, 9.17) is 10.00 Å². The molecule has 1 amide bonds. The van der Waals surface area contributed by atoms with Crippen molar-refractivity contribution in [2.75, 3.05) is 13.2 Å². The molecule has 94 valence electrons. The summed E-state index contributed by atoms with van der Waals surface area (Å²) in [6, 6.07) is 11.8. The average molecular weight is 244 g/mol. The van der Waals surface area contributed by atoms with Gasteiger partial charge in [0.15, 0.2) is 0 Å². The van der Waals surface area contributed by atoms with Crippen molar-refractivity contribution in [3.63, 3.8) is 0 Å². The fourth-order valence-corrected chi connectivity index (χ4v) is 2.35. The van der Waals surface area contributed by atoms with E-state index in [2.05, 4.69) is 5.32 Å². The SMILES string of the molecule is N#CCC(=O)NC1(c2ccccc2)CCOCC1. The summed E-state index contributed by atoms with van der Waals surface area (Å²) in [5.41, 5.74) is 0.701. The van der Waals surface area contributed by atoms with Gasteiger partial charge in [-0.1, -0.05) is 30.3 Å². The number of carbonyl (C=O) groups is 1. The summed E-state index contributed by atoms with van der Waals surface area (Å²) in [7, 11) is 0. The molecule has 0 aromatic heterocycles. The van der Waals surface area contributed by atoms with E-state index in [1.54, 1.807) is 0 Å². The highest BCUT2D eigenvalue weighted by Crippen LogP contribution is 2.32. The van der Waals surface area contributed by atoms with E-state index < -0.39 is 0 Å². The third-order valence-electron chi connectivity index (χ3n) is 3.29. The van der Waals surface area contributed by atoms with Gasteiger partial charge in [0.25, 0.3) is 0 Å². The van der Waals surface area contributed by atoms with E-state index in [9.17, 15) is 4.79 Å². The lowest BCUT2D eigenvalue weighted by Crippen LogP contribution is -2.49. The minimum Gasteiger partial charge on any atom is -0.381 e. The second-order valence-electron chi connectivity index (χ2n) is 4.44. The zero-order valence-electron chi connectivity index (χ0n) is 10.2. The average Bonchev–Trinajstić information content (AvgIpc) is 2.41. The summed E-state index contributed by atoms with van der Waals surface area (Å²) in [6.07, 6.45) is 1.39. The minimum absolute atomic E-state index is 0.102. The second kappa shape index (κ2) is 5.65. The molecule has 1 N–H and O–H groups in total. The number of benzene rings is 1. The first kappa shape index (κ1) is 12.6. The summed E-state index contributed by atoms with van der Waals surface area (Å²) in [5, 5.41) is 11.6. The summed E-state index contributed by atoms with van der Waals surface area (Å²) >= 11 is 0. The van der Waals surface area contributed by atoms with Crippen molar-refractivity contribution < 1.29 is 9.53 Å². The molecule has 1 saturated heterocycles. The summed E-state index contributed by atoms with van der Waals surface area (Å²) in [4.78, 5) is 11.7. The molecule has 0 atom stereocenters. The van der Waals surface area contributed by atoms with Crippen LogP contribution in [0.4, 0.5) is 0 Å². The number of carbonyl (C=O) groups excluding carboxylic acids is 1. The van der Waals surface area contributed by atoms with Crippen LogP contribution in [0.25, 0.3) is 0 Å². The van der Waals surface area contributed by atoms with Gasteiger partial charge >= 0.3 is 0 Å². The van der Waals surface area contributed by atoms with Crippen LogP contribution in [-0.2, 0) is 15.1 Å². The van der Waals surface area contributed by atoms with Crippen LogP contribution in [0.2, 0.25) is 0 Å². The lowest BCUT2D eigenvalue weighted by molar-refractivity contribution is -0.123. The Labute approximate surface area is 107 Å². The van der Waals surface area contributed by atoms with Gasteiger partial charge in [-0.2, -0.15) is 5.26 Å². The van der Waals surface area contributed by atoms with Crippen molar-refractivity contribution >= 4 is 5.91 Å². The summed E-state index contributed by atoms with van der Waals surface area (Å²) in [5.74, 6) is -0.219. The lowest BCUT2D eigenvalue weighted by Gasteiger charge is -2.38. The molecular formula is C14H16N2O2. The maximum atomic E-state index is 11.7. The normalized spacial score (nSPS) is 17.7. The molecule has 4 heteroatoms. The van der Waals surface area contributed by atoms with Gasteiger partial charge in [0.05, 0.1) is 11.6 Å². The van der Waals surface area contributed by atoms with Gasteiger partial charge in [-0.05, 0) is 18.4 Å². The molecule has 1 heterocycles. The van der Waals surface area contributed by atoms with Crippen LogP contribution < -0.4 is 5.32 Å². The highest BCUT2D eigenvalue weighted by atomic mass is 16.5. The van der Waals surface area contributed by atoms with Gasteiger partial charge < -0.3 is 10.1 Å². The van der Waals surface area contributed by atoms with E-state index in [-0.39, 0.29) is 17.9 Å². The number of hydrogen-bond donors (Lipinski definition) is 1. The van der Waals surface area contributed by atoms with Crippen LogP contribution in [0.3, 0.4) is 0 Å². The third kappa shape index (κ3) is 2.69. The smallest absolute Gasteiger partial charge is 0.234 e. The molecule has 0 aliphatic carbocycles. The van der Waals surface area contributed by atoms with Gasteiger partial charge in [-0.3, -0.25) is 4.79 Å². The Hall–Kier alpha value is -1.86. The molecule has 18 heavy (non-hydrogen) atoms. The Morgan fingerprint density at radius 1 is 1.33 bits per heavy atom. The maximum absolute atomic E-state index is 11.7. The first-order valence-corrected chi connectivity index (χ1v) is 6.08. The maximum Gasteiger partial charge on any atom is 0.234 e. The highest BCUT2D eigenvalue weighted by Gasteiger charge is 2.35. The molecule has 0 bridgehead atoms. The fraction of sp³-hybridized carbons (Fsp3) is 0.429. The molecule has 1 aliphatic heterocycles. The predicted molar refractivity (Wildman–Crippen MR) is 66.5 cm³/mol. The first-order valence-electron chi connectivity index (χ1n) is 6.08. The zero-order chi connectivity index (χ0) is 12.8. The van der Waals surface area contributed by atoms with Gasteiger partial charge in [-0.15, -0.1) is 0 Å². The number of amides is 1. The number of nitrogens with one attached hydrogen (secondary N) is 1. The molecule has 4 nitrogen and oxygen atoms in total. The van der Waals surface area contributed by atoms with Gasteiger partial charge in [-0.25, -0.2) is 0 Å². The third-order valence-corrected chi connectivity index (χ3v) is 3.29. The summed E-state index contributed by atoms with van der Waals surface area (Å²) < 4.78 is 5.37. The molecule has 0 spiro atoms. The number of hydrogen-bond acceptors (Lipinski definition) is 3. The van der Waals surface area contributed by atoms with E-state index in [1.807, 2.05) is 36.4 Å². The van der Waals surface area contributed by atoms with Crippen molar-refractivity contribution in [2.24, 2.45) is 0 Å². The minimum atomic E-state index is -0.382. The molecule has 1 aromatic rings. The fourth-order valence-electron chi connectivity index (χ4n) is 2.35. The van der Waals surface area contributed by atoms with Gasteiger partial charge in [0.2, 0.25) is 5.91 Å². The number of rotatable bonds is 3. The first-order chi connectivity index (χ1) is 8.77. The van der Waals surface area contributed by atoms with E-state index in [0.717, 1.165) is 18.4 Å².